The second kappa shape index (κ2) is 6.31. The Morgan fingerprint density at radius 3 is 2.70 bits per heavy atom. The lowest BCUT2D eigenvalue weighted by atomic mass is 10.2. The maximum absolute atomic E-state index is 13.2. The quantitative estimate of drug-likeness (QED) is 0.838. The molecule has 1 aromatic carbocycles. The van der Waals surface area contributed by atoms with Crippen molar-refractivity contribution in [2.45, 2.75) is 18.0 Å². The second-order valence-corrected chi connectivity index (χ2v) is 7.65. The van der Waals surface area contributed by atoms with Gasteiger partial charge < -0.3 is 5.11 Å². The van der Waals surface area contributed by atoms with E-state index in [0.29, 0.717) is 0 Å². The monoisotopic (exact) mass is 379 g/mol. The molecule has 2 aromatic rings. The van der Waals surface area contributed by atoms with Gasteiger partial charge in [-0.05, 0) is 40.2 Å². The summed E-state index contributed by atoms with van der Waals surface area (Å²) in [6.45, 7) is -0.391. The highest BCUT2D eigenvalue weighted by Gasteiger charge is 2.16. The zero-order valence-electron chi connectivity index (χ0n) is 10.1. The molecule has 1 aromatic heterocycles. The lowest BCUT2D eigenvalue weighted by Gasteiger charge is -2.07. The van der Waals surface area contributed by atoms with Gasteiger partial charge in [-0.15, -0.1) is 11.3 Å². The lowest BCUT2D eigenvalue weighted by molar-refractivity contribution is 0.275. The molecule has 0 aliphatic heterocycles. The van der Waals surface area contributed by atoms with Gasteiger partial charge in [0.1, 0.15) is 5.82 Å². The van der Waals surface area contributed by atoms with E-state index in [1.807, 2.05) is 11.4 Å². The summed E-state index contributed by atoms with van der Waals surface area (Å²) >= 11 is 4.71. The normalized spacial score (nSPS) is 11.8. The van der Waals surface area contributed by atoms with Crippen molar-refractivity contribution < 1.29 is 17.9 Å². The molecular weight excluding hydrogens is 369 g/mol. The van der Waals surface area contributed by atoms with E-state index in [-0.39, 0.29) is 17.0 Å². The third kappa shape index (κ3) is 3.64. The maximum Gasteiger partial charge on any atom is 0.240 e. The van der Waals surface area contributed by atoms with Gasteiger partial charge in [0.25, 0.3) is 0 Å². The predicted molar refractivity (Wildman–Crippen MR) is 78.4 cm³/mol. The van der Waals surface area contributed by atoms with E-state index < -0.39 is 22.4 Å². The molecule has 0 unspecified atom stereocenters. The number of hydrogen-bond acceptors (Lipinski definition) is 4. The first kappa shape index (κ1) is 15.6. The number of aliphatic hydroxyl groups is 1. The maximum atomic E-state index is 13.2. The Hall–Kier alpha value is -0.800. The van der Waals surface area contributed by atoms with Crippen LogP contribution in [0.5, 0.6) is 0 Å². The number of aliphatic hydroxyl groups excluding tert-OH is 1. The zero-order chi connectivity index (χ0) is 14.8. The number of nitrogens with one attached hydrogen (secondary N) is 1. The van der Waals surface area contributed by atoms with Gasteiger partial charge in [-0.3, -0.25) is 0 Å². The fraction of sp³-hybridized carbons (Fsp3) is 0.167. The molecule has 0 saturated heterocycles. The molecule has 0 spiro atoms. The molecule has 2 N–H and O–H groups in total. The van der Waals surface area contributed by atoms with Crippen LogP contribution in [0, 0.1) is 5.82 Å². The Bertz CT molecular complexity index is 715. The van der Waals surface area contributed by atoms with Crippen molar-refractivity contribution in [1.29, 1.82) is 0 Å². The van der Waals surface area contributed by atoms with Crippen molar-refractivity contribution in [3.63, 3.8) is 0 Å². The minimum Gasteiger partial charge on any atom is -0.392 e. The van der Waals surface area contributed by atoms with E-state index in [9.17, 15) is 12.8 Å². The summed E-state index contributed by atoms with van der Waals surface area (Å²) in [7, 11) is -3.73. The summed E-state index contributed by atoms with van der Waals surface area (Å²) in [5.74, 6) is -0.631. The van der Waals surface area contributed by atoms with Crippen LogP contribution in [-0.4, -0.2) is 13.5 Å². The Labute approximate surface area is 128 Å². The number of hydrogen-bond donors (Lipinski definition) is 2. The number of sulfonamides is 1. The molecule has 0 saturated carbocycles. The number of benzene rings is 1. The summed E-state index contributed by atoms with van der Waals surface area (Å²) in [5, 5.41) is 10.8. The molecule has 8 heteroatoms. The molecule has 0 bridgehead atoms. The summed E-state index contributed by atoms with van der Waals surface area (Å²) in [6.07, 6.45) is 0. The smallest absolute Gasteiger partial charge is 0.240 e. The van der Waals surface area contributed by atoms with Gasteiger partial charge in [0.05, 0.1) is 11.5 Å². The van der Waals surface area contributed by atoms with E-state index >= 15 is 0 Å². The van der Waals surface area contributed by atoms with Gasteiger partial charge in [0, 0.05) is 26.8 Å². The standard InChI is InChI=1S/C12H11BrFNO3S2/c13-9-4-10(19-7-9)5-15-20(17,18)11-1-2-12(14)8(3-11)6-16/h1-4,7,15-16H,5-6H2. The largest absolute Gasteiger partial charge is 0.392 e. The fourth-order valence-corrected chi connectivity index (χ4v) is 4.07. The van der Waals surface area contributed by atoms with Gasteiger partial charge >= 0.3 is 0 Å². The van der Waals surface area contributed by atoms with Crippen molar-refractivity contribution in [1.82, 2.24) is 4.72 Å². The predicted octanol–water partition coefficient (Wildman–Crippen LogP) is 2.62. The van der Waals surface area contributed by atoms with E-state index in [1.165, 1.54) is 17.4 Å². The van der Waals surface area contributed by atoms with Crippen molar-refractivity contribution in [3.8, 4) is 0 Å². The van der Waals surface area contributed by atoms with Gasteiger partial charge in [0.2, 0.25) is 10.0 Å². The van der Waals surface area contributed by atoms with Crippen LogP contribution in [0.3, 0.4) is 0 Å². The molecule has 108 valence electrons. The Kier molecular flexibility index (Phi) is 4.92. The zero-order valence-corrected chi connectivity index (χ0v) is 13.4. The molecule has 0 radical (unpaired) electrons. The first-order chi connectivity index (χ1) is 9.42. The average molecular weight is 380 g/mol. The summed E-state index contributed by atoms with van der Waals surface area (Å²) in [4.78, 5) is 0.781. The first-order valence-corrected chi connectivity index (χ1v) is 8.70. The summed E-state index contributed by atoms with van der Waals surface area (Å²) in [6, 6.07) is 5.14. The van der Waals surface area contributed by atoms with Crippen LogP contribution >= 0.6 is 27.3 Å². The summed E-state index contributed by atoms with van der Waals surface area (Å²) in [5.41, 5.74) is -0.0493. The third-order valence-electron chi connectivity index (χ3n) is 2.56. The minimum atomic E-state index is -3.73. The highest BCUT2D eigenvalue weighted by Crippen LogP contribution is 2.20. The van der Waals surface area contributed by atoms with Crippen LogP contribution in [0.4, 0.5) is 4.39 Å². The van der Waals surface area contributed by atoms with Gasteiger partial charge in [-0.2, -0.15) is 0 Å². The molecular formula is C12H11BrFNO3S2. The molecule has 0 aliphatic carbocycles. The van der Waals surface area contributed by atoms with E-state index in [4.69, 9.17) is 5.11 Å². The van der Waals surface area contributed by atoms with Crippen molar-refractivity contribution in [2.75, 3.05) is 0 Å². The molecule has 20 heavy (non-hydrogen) atoms. The van der Waals surface area contributed by atoms with Crippen LogP contribution in [0.25, 0.3) is 0 Å². The third-order valence-corrected chi connectivity index (χ3v) is 5.65. The van der Waals surface area contributed by atoms with Crippen molar-refractivity contribution in [3.05, 3.63) is 50.4 Å². The molecule has 0 amide bonds. The highest BCUT2D eigenvalue weighted by molar-refractivity contribution is 9.10. The molecule has 1 heterocycles. The second-order valence-electron chi connectivity index (χ2n) is 3.97. The van der Waals surface area contributed by atoms with Crippen LogP contribution in [-0.2, 0) is 23.2 Å². The highest BCUT2D eigenvalue weighted by atomic mass is 79.9. The fourth-order valence-electron chi connectivity index (χ4n) is 1.54. The minimum absolute atomic E-state index is 0.0493. The van der Waals surface area contributed by atoms with E-state index in [0.717, 1.165) is 21.5 Å². The number of rotatable bonds is 5. The van der Waals surface area contributed by atoms with Crippen molar-refractivity contribution in [2.24, 2.45) is 0 Å². The van der Waals surface area contributed by atoms with Crippen LogP contribution in [0.2, 0.25) is 0 Å². The lowest BCUT2D eigenvalue weighted by Crippen LogP contribution is -2.23. The molecule has 0 atom stereocenters. The van der Waals surface area contributed by atoms with Gasteiger partial charge in [0.15, 0.2) is 0 Å². The van der Waals surface area contributed by atoms with Crippen LogP contribution < -0.4 is 4.72 Å². The Balaban J connectivity index is 2.17. The van der Waals surface area contributed by atoms with E-state index in [2.05, 4.69) is 20.7 Å². The summed E-state index contributed by atoms with van der Waals surface area (Å²) < 4.78 is 40.7. The molecule has 0 fully saturated rings. The Morgan fingerprint density at radius 1 is 1.35 bits per heavy atom. The molecule has 2 rings (SSSR count). The molecule has 0 aliphatic rings. The SMILES string of the molecule is O=S(=O)(NCc1cc(Br)cs1)c1ccc(F)c(CO)c1. The topological polar surface area (TPSA) is 66.4 Å². The first-order valence-electron chi connectivity index (χ1n) is 5.54. The molecule has 4 nitrogen and oxygen atoms in total. The number of halogens is 2. The number of thiophene rings is 1. The van der Waals surface area contributed by atoms with Crippen LogP contribution in [0.1, 0.15) is 10.4 Å². The van der Waals surface area contributed by atoms with Crippen LogP contribution in [0.15, 0.2) is 39.0 Å². The van der Waals surface area contributed by atoms with Gasteiger partial charge in [-0.1, -0.05) is 0 Å². The van der Waals surface area contributed by atoms with Gasteiger partial charge in [-0.25, -0.2) is 17.5 Å². The average Bonchev–Trinajstić information content (AvgIpc) is 2.83. The Morgan fingerprint density at radius 2 is 2.10 bits per heavy atom. The van der Waals surface area contributed by atoms with E-state index in [1.54, 1.807) is 0 Å². The van der Waals surface area contributed by atoms with Crippen molar-refractivity contribution >= 4 is 37.3 Å².